The Balaban J connectivity index is 1.56. The largest absolute Gasteiger partial charge is 0.350 e. The van der Waals surface area contributed by atoms with Gasteiger partial charge in [-0.1, -0.05) is 12.1 Å². The molecule has 0 spiro atoms. The lowest BCUT2D eigenvalue weighted by Gasteiger charge is -2.04. The molecule has 0 radical (unpaired) electrons. The Kier molecular flexibility index (Phi) is 4.22. The summed E-state index contributed by atoms with van der Waals surface area (Å²) in [6.07, 6.45) is 5.11. The van der Waals surface area contributed by atoms with Crippen LogP contribution in [0.3, 0.4) is 0 Å². The second kappa shape index (κ2) is 6.82. The molecule has 4 aromatic rings. The molecule has 0 atom stereocenters. The van der Waals surface area contributed by atoms with E-state index >= 15 is 0 Å². The molecular formula is C18H14FN5S. The van der Waals surface area contributed by atoms with Crippen molar-refractivity contribution in [1.82, 2.24) is 19.7 Å². The highest BCUT2D eigenvalue weighted by molar-refractivity contribution is 7.07. The Labute approximate surface area is 147 Å². The van der Waals surface area contributed by atoms with Crippen molar-refractivity contribution in [1.29, 1.82) is 0 Å². The summed E-state index contributed by atoms with van der Waals surface area (Å²) in [6, 6.07) is 10.4. The molecule has 3 aromatic heterocycles. The smallest absolute Gasteiger partial charge is 0.223 e. The third-order valence-corrected chi connectivity index (χ3v) is 4.40. The highest BCUT2D eigenvalue weighted by atomic mass is 32.1. The molecule has 0 aliphatic heterocycles. The standard InChI is InChI=1S/C18H14FN5S/c19-15-3-1-2-4-17(15)24-11-14(10-22-24)16-5-7-20-18(23-16)21-9-13-6-8-25-12-13/h1-8,10-12H,9H2,(H,20,21,23). The number of hydrogen-bond acceptors (Lipinski definition) is 5. The minimum absolute atomic E-state index is 0.321. The first-order valence-electron chi connectivity index (χ1n) is 7.67. The molecule has 0 aliphatic carbocycles. The van der Waals surface area contributed by atoms with E-state index in [1.165, 1.54) is 16.3 Å². The molecule has 0 bridgehead atoms. The zero-order valence-electron chi connectivity index (χ0n) is 13.1. The van der Waals surface area contributed by atoms with Crippen LogP contribution >= 0.6 is 11.3 Å². The molecule has 0 unspecified atom stereocenters. The molecular weight excluding hydrogens is 337 g/mol. The van der Waals surface area contributed by atoms with E-state index in [0.29, 0.717) is 18.2 Å². The van der Waals surface area contributed by atoms with Gasteiger partial charge in [0.05, 0.1) is 11.9 Å². The minimum Gasteiger partial charge on any atom is -0.350 e. The van der Waals surface area contributed by atoms with Gasteiger partial charge < -0.3 is 5.32 Å². The third-order valence-electron chi connectivity index (χ3n) is 3.66. The fraction of sp³-hybridized carbons (Fsp3) is 0.0556. The highest BCUT2D eigenvalue weighted by Crippen LogP contribution is 2.20. The fourth-order valence-corrected chi connectivity index (χ4v) is 3.07. The van der Waals surface area contributed by atoms with Crippen molar-refractivity contribution in [3.05, 3.63) is 77.1 Å². The number of para-hydroxylation sites is 1. The first kappa shape index (κ1) is 15.5. The van der Waals surface area contributed by atoms with Gasteiger partial charge in [-0.25, -0.2) is 19.0 Å². The highest BCUT2D eigenvalue weighted by Gasteiger charge is 2.09. The van der Waals surface area contributed by atoms with Crippen LogP contribution in [0, 0.1) is 5.82 Å². The lowest BCUT2D eigenvalue weighted by atomic mass is 10.2. The summed E-state index contributed by atoms with van der Waals surface area (Å²) in [7, 11) is 0. The minimum atomic E-state index is -0.321. The summed E-state index contributed by atoms with van der Waals surface area (Å²) in [5.41, 5.74) is 3.11. The maximum Gasteiger partial charge on any atom is 0.223 e. The second-order valence-electron chi connectivity index (χ2n) is 5.38. The van der Waals surface area contributed by atoms with Gasteiger partial charge in [-0.15, -0.1) is 0 Å². The molecule has 124 valence electrons. The molecule has 0 amide bonds. The number of anilines is 1. The molecule has 1 N–H and O–H groups in total. The van der Waals surface area contributed by atoms with Crippen molar-refractivity contribution >= 4 is 17.3 Å². The zero-order valence-corrected chi connectivity index (χ0v) is 13.9. The van der Waals surface area contributed by atoms with Crippen LogP contribution in [0.1, 0.15) is 5.56 Å². The van der Waals surface area contributed by atoms with Crippen LogP contribution in [0.4, 0.5) is 10.3 Å². The summed E-state index contributed by atoms with van der Waals surface area (Å²) in [5.74, 6) is 0.222. The van der Waals surface area contributed by atoms with Crippen molar-refractivity contribution in [2.24, 2.45) is 0 Å². The number of nitrogens with one attached hydrogen (secondary N) is 1. The fourth-order valence-electron chi connectivity index (χ4n) is 2.40. The average molecular weight is 351 g/mol. The third kappa shape index (κ3) is 3.41. The van der Waals surface area contributed by atoms with Crippen LogP contribution in [-0.4, -0.2) is 19.7 Å². The molecule has 3 heterocycles. The predicted octanol–water partition coefficient (Wildman–Crippen LogP) is 4.14. The van der Waals surface area contributed by atoms with Gasteiger partial charge in [0.2, 0.25) is 5.95 Å². The molecule has 0 fully saturated rings. The predicted molar refractivity (Wildman–Crippen MR) is 96.2 cm³/mol. The van der Waals surface area contributed by atoms with Crippen molar-refractivity contribution < 1.29 is 4.39 Å². The quantitative estimate of drug-likeness (QED) is 0.587. The van der Waals surface area contributed by atoms with Gasteiger partial charge in [0.25, 0.3) is 0 Å². The van der Waals surface area contributed by atoms with E-state index in [1.807, 2.05) is 5.38 Å². The Morgan fingerprint density at radius 2 is 2.08 bits per heavy atom. The van der Waals surface area contributed by atoms with Crippen LogP contribution in [-0.2, 0) is 6.54 Å². The summed E-state index contributed by atoms with van der Waals surface area (Å²) in [4.78, 5) is 8.74. The van der Waals surface area contributed by atoms with Gasteiger partial charge in [-0.05, 0) is 40.6 Å². The first-order valence-corrected chi connectivity index (χ1v) is 8.62. The molecule has 4 rings (SSSR count). The average Bonchev–Trinajstić information content (AvgIpc) is 3.33. The zero-order chi connectivity index (χ0) is 17.1. The van der Waals surface area contributed by atoms with Crippen molar-refractivity contribution in [3.63, 3.8) is 0 Å². The van der Waals surface area contributed by atoms with Crippen LogP contribution in [0.2, 0.25) is 0 Å². The molecule has 0 saturated carbocycles. The normalized spacial score (nSPS) is 10.8. The van der Waals surface area contributed by atoms with Crippen molar-refractivity contribution in [2.75, 3.05) is 5.32 Å². The number of hydrogen-bond donors (Lipinski definition) is 1. The second-order valence-corrected chi connectivity index (χ2v) is 6.16. The van der Waals surface area contributed by atoms with E-state index in [9.17, 15) is 4.39 Å². The molecule has 1 aromatic carbocycles. The van der Waals surface area contributed by atoms with Crippen LogP contribution in [0.5, 0.6) is 0 Å². The number of halogens is 1. The van der Waals surface area contributed by atoms with Gasteiger partial charge in [0, 0.05) is 24.5 Å². The Morgan fingerprint density at radius 3 is 2.92 bits per heavy atom. The Bertz CT molecular complexity index is 981. The number of thiophene rings is 1. The van der Waals surface area contributed by atoms with E-state index in [2.05, 4.69) is 31.8 Å². The molecule has 25 heavy (non-hydrogen) atoms. The lowest BCUT2D eigenvalue weighted by Crippen LogP contribution is -2.03. The summed E-state index contributed by atoms with van der Waals surface area (Å²) in [6.45, 7) is 0.668. The van der Waals surface area contributed by atoms with Crippen LogP contribution in [0.25, 0.3) is 16.9 Å². The van der Waals surface area contributed by atoms with E-state index in [4.69, 9.17) is 0 Å². The topological polar surface area (TPSA) is 55.6 Å². The molecule has 5 nitrogen and oxygen atoms in total. The summed E-state index contributed by atoms with van der Waals surface area (Å²) >= 11 is 1.65. The van der Waals surface area contributed by atoms with Gasteiger partial charge in [-0.2, -0.15) is 16.4 Å². The molecule has 0 saturated heterocycles. The molecule has 7 heteroatoms. The molecule has 0 aliphatic rings. The Morgan fingerprint density at radius 1 is 1.16 bits per heavy atom. The van der Waals surface area contributed by atoms with Gasteiger partial charge in [0.15, 0.2) is 0 Å². The van der Waals surface area contributed by atoms with E-state index in [-0.39, 0.29) is 5.82 Å². The Hall–Kier alpha value is -3.06. The maximum atomic E-state index is 13.9. The van der Waals surface area contributed by atoms with Gasteiger partial charge in [0.1, 0.15) is 11.5 Å². The summed E-state index contributed by atoms with van der Waals surface area (Å²) < 4.78 is 15.4. The first-order chi connectivity index (χ1) is 12.3. The van der Waals surface area contributed by atoms with Gasteiger partial charge >= 0.3 is 0 Å². The number of nitrogens with zero attached hydrogens (tertiary/aromatic N) is 4. The van der Waals surface area contributed by atoms with Crippen molar-refractivity contribution in [3.8, 4) is 16.9 Å². The SMILES string of the molecule is Fc1ccccc1-n1cc(-c2ccnc(NCc3ccsc3)n2)cn1. The number of rotatable bonds is 5. The van der Waals surface area contributed by atoms with E-state index < -0.39 is 0 Å². The maximum absolute atomic E-state index is 13.9. The summed E-state index contributed by atoms with van der Waals surface area (Å²) in [5, 5.41) is 11.6. The number of aromatic nitrogens is 4. The lowest BCUT2D eigenvalue weighted by molar-refractivity contribution is 0.611. The van der Waals surface area contributed by atoms with Crippen molar-refractivity contribution in [2.45, 2.75) is 6.54 Å². The number of benzene rings is 1. The van der Waals surface area contributed by atoms with E-state index in [1.54, 1.807) is 54.2 Å². The van der Waals surface area contributed by atoms with Crippen LogP contribution < -0.4 is 5.32 Å². The monoisotopic (exact) mass is 351 g/mol. The van der Waals surface area contributed by atoms with E-state index in [0.717, 1.165) is 11.3 Å². The van der Waals surface area contributed by atoms with Gasteiger partial charge in [-0.3, -0.25) is 0 Å². The van der Waals surface area contributed by atoms with Crippen LogP contribution in [0.15, 0.2) is 65.7 Å².